The molecule has 110 valence electrons. The molecule has 1 heterocycles. The third kappa shape index (κ3) is 3.31. The minimum atomic E-state index is 0.111. The van der Waals surface area contributed by atoms with Gasteiger partial charge in [-0.3, -0.25) is 9.78 Å². The van der Waals surface area contributed by atoms with Crippen LogP contribution in [0.2, 0.25) is 0 Å². The average molecular weight is 290 g/mol. The molecule has 0 radical (unpaired) electrons. The fourth-order valence-corrected chi connectivity index (χ4v) is 2.47. The summed E-state index contributed by atoms with van der Waals surface area (Å²) in [6.45, 7) is 0.573. The SMILES string of the molecule is CN(Cc1cnc2ccccc2c1)C(=O)Cc1ccccc1. The van der Waals surface area contributed by atoms with Crippen molar-refractivity contribution in [1.29, 1.82) is 0 Å². The summed E-state index contributed by atoms with van der Waals surface area (Å²) in [4.78, 5) is 18.5. The molecule has 0 N–H and O–H groups in total. The number of hydrogen-bond acceptors (Lipinski definition) is 2. The molecule has 0 spiro atoms. The van der Waals surface area contributed by atoms with Gasteiger partial charge in [0.15, 0.2) is 0 Å². The predicted molar refractivity (Wildman–Crippen MR) is 88.4 cm³/mol. The number of benzene rings is 2. The number of carbonyl (C=O) groups excluding carboxylic acids is 1. The van der Waals surface area contributed by atoms with Crippen LogP contribution >= 0.6 is 0 Å². The van der Waals surface area contributed by atoms with E-state index in [-0.39, 0.29) is 5.91 Å². The molecular formula is C19H18N2O. The van der Waals surface area contributed by atoms with E-state index in [1.54, 1.807) is 4.90 Å². The summed E-state index contributed by atoms with van der Waals surface area (Å²) in [6.07, 6.45) is 2.27. The minimum Gasteiger partial charge on any atom is -0.341 e. The van der Waals surface area contributed by atoms with Gasteiger partial charge in [0.05, 0.1) is 11.9 Å². The van der Waals surface area contributed by atoms with Crippen LogP contribution in [0.5, 0.6) is 0 Å². The number of nitrogens with zero attached hydrogens (tertiary/aromatic N) is 2. The molecule has 0 aliphatic carbocycles. The Morgan fingerprint density at radius 3 is 2.55 bits per heavy atom. The number of aromatic nitrogens is 1. The van der Waals surface area contributed by atoms with Gasteiger partial charge in [0.25, 0.3) is 0 Å². The Balaban J connectivity index is 1.69. The highest BCUT2D eigenvalue weighted by Gasteiger charge is 2.10. The van der Waals surface area contributed by atoms with Crippen molar-refractivity contribution in [3.05, 3.63) is 78.0 Å². The number of fused-ring (bicyclic) bond motifs is 1. The smallest absolute Gasteiger partial charge is 0.227 e. The van der Waals surface area contributed by atoms with Gasteiger partial charge >= 0.3 is 0 Å². The van der Waals surface area contributed by atoms with Gasteiger partial charge in [-0.05, 0) is 23.3 Å². The molecule has 0 aliphatic heterocycles. The molecule has 3 aromatic rings. The molecule has 0 atom stereocenters. The zero-order valence-corrected chi connectivity index (χ0v) is 12.6. The molecule has 1 aromatic heterocycles. The third-order valence-electron chi connectivity index (χ3n) is 3.69. The van der Waals surface area contributed by atoms with Crippen LogP contribution < -0.4 is 0 Å². The lowest BCUT2D eigenvalue weighted by atomic mass is 10.1. The van der Waals surface area contributed by atoms with Crippen molar-refractivity contribution in [2.45, 2.75) is 13.0 Å². The van der Waals surface area contributed by atoms with E-state index >= 15 is 0 Å². The zero-order valence-electron chi connectivity index (χ0n) is 12.6. The highest BCUT2D eigenvalue weighted by atomic mass is 16.2. The molecule has 3 rings (SSSR count). The molecule has 2 aromatic carbocycles. The van der Waals surface area contributed by atoms with E-state index < -0.39 is 0 Å². The first-order valence-electron chi connectivity index (χ1n) is 7.34. The maximum absolute atomic E-state index is 12.3. The lowest BCUT2D eigenvalue weighted by Crippen LogP contribution is -2.27. The summed E-state index contributed by atoms with van der Waals surface area (Å²) in [5.41, 5.74) is 3.06. The van der Waals surface area contributed by atoms with Crippen LogP contribution in [0, 0.1) is 0 Å². The van der Waals surface area contributed by atoms with Crippen LogP contribution in [0.3, 0.4) is 0 Å². The Labute approximate surface area is 130 Å². The van der Waals surface area contributed by atoms with Crippen molar-refractivity contribution in [2.24, 2.45) is 0 Å². The maximum atomic E-state index is 12.3. The molecule has 0 saturated heterocycles. The first kappa shape index (κ1) is 14.3. The second kappa shape index (κ2) is 6.39. The normalized spacial score (nSPS) is 10.6. The topological polar surface area (TPSA) is 33.2 Å². The Hall–Kier alpha value is -2.68. The number of carbonyl (C=O) groups is 1. The average Bonchev–Trinajstić information content (AvgIpc) is 2.55. The van der Waals surface area contributed by atoms with E-state index in [4.69, 9.17) is 0 Å². The van der Waals surface area contributed by atoms with Crippen molar-refractivity contribution in [1.82, 2.24) is 9.88 Å². The van der Waals surface area contributed by atoms with Gasteiger partial charge in [-0.25, -0.2) is 0 Å². The molecule has 3 nitrogen and oxygen atoms in total. The van der Waals surface area contributed by atoms with Gasteiger partial charge in [-0.15, -0.1) is 0 Å². The van der Waals surface area contributed by atoms with Gasteiger partial charge in [0, 0.05) is 25.2 Å². The number of hydrogen-bond donors (Lipinski definition) is 0. The molecule has 0 fully saturated rings. The highest BCUT2D eigenvalue weighted by Crippen LogP contribution is 2.14. The van der Waals surface area contributed by atoms with E-state index in [1.165, 1.54) is 0 Å². The van der Waals surface area contributed by atoms with Crippen LogP contribution in [-0.4, -0.2) is 22.8 Å². The van der Waals surface area contributed by atoms with E-state index in [9.17, 15) is 4.79 Å². The summed E-state index contributed by atoms with van der Waals surface area (Å²) in [6, 6.07) is 19.9. The van der Waals surface area contributed by atoms with Gasteiger partial charge < -0.3 is 4.90 Å². The van der Waals surface area contributed by atoms with Crippen molar-refractivity contribution in [2.75, 3.05) is 7.05 Å². The Morgan fingerprint density at radius 2 is 1.73 bits per heavy atom. The van der Waals surface area contributed by atoms with Crippen LogP contribution in [-0.2, 0) is 17.8 Å². The first-order valence-corrected chi connectivity index (χ1v) is 7.34. The monoisotopic (exact) mass is 290 g/mol. The Bertz CT molecular complexity index is 784. The van der Waals surface area contributed by atoms with Crippen LogP contribution in [0.4, 0.5) is 0 Å². The number of amides is 1. The molecular weight excluding hydrogens is 272 g/mol. The maximum Gasteiger partial charge on any atom is 0.227 e. The van der Waals surface area contributed by atoms with E-state index in [2.05, 4.69) is 11.1 Å². The lowest BCUT2D eigenvalue weighted by Gasteiger charge is -2.17. The Morgan fingerprint density at radius 1 is 1.00 bits per heavy atom. The first-order chi connectivity index (χ1) is 10.7. The van der Waals surface area contributed by atoms with E-state index in [0.717, 1.165) is 22.0 Å². The highest BCUT2D eigenvalue weighted by molar-refractivity contribution is 5.80. The summed E-state index contributed by atoms with van der Waals surface area (Å²) >= 11 is 0. The molecule has 0 aliphatic rings. The van der Waals surface area contributed by atoms with Crippen molar-refractivity contribution in [3.8, 4) is 0 Å². The lowest BCUT2D eigenvalue weighted by molar-refractivity contribution is -0.129. The van der Waals surface area contributed by atoms with Crippen LogP contribution in [0.1, 0.15) is 11.1 Å². The number of rotatable bonds is 4. The fourth-order valence-electron chi connectivity index (χ4n) is 2.47. The number of para-hydroxylation sites is 1. The molecule has 0 saturated carbocycles. The number of likely N-dealkylation sites (N-methyl/N-ethyl adjacent to an activating group) is 1. The van der Waals surface area contributed by atoms with Gasteiger partial charge in [0.2, 0.25) is 5.91 Å². The van der Waals surface area contributed by atoms with Gasteiger partial charge in [-0.2, -0.15) is 0 Å². The molecule has 0 unspecified atom stereocenters. The number of pyridine rings is 1. The summed E-state index contributed by atoms with van der Waals surface area (Å²) < 4.78 is 0. The zero-order chi connectivity index (χ0) is 15.4. The van der Waals surface area contributed by atoms with Gasteiger partial charge in [-0.1, -0.05) is 48.5 Å². The third-order valence-corrected chi connectivity index (χ3v) is 3.69. The van der Waals surface area contributed by atoms with Gasteiger partial charge in [0.1, 0.15) is 0 Å². The molecule has 0 bridgehead atoms. The van der Waals surface area contributed by atoms with Crippen molar-refractivity contribution >= 4 is 16.8 Å². The largest absolute Gasteiger partial charge is 0.341 e. The summed E-state index contributed by atoms with van der Waals surface area (Å²) in [5.74, 6) is 0.111. The standard InChI is InChI=1S/C19H18N2O/c1-21(19(22)12-15-7-3-2-4-8-15)14-16-11-17-9-5-6-10-18(17)20-13-16/h2-11,13H,12,14H2,1H3. The summed E-state index contributed by atoms with van der Waals surface area (Å²) in [5, 5.41) is 1.10. The van der Waals surface area contributed by atoms with E-state index in [1.807, 2.05) is 67.8 Å². The van der Waals surface area contributed by atoms with Crippen LogP contribution in [0.15, 0.2) is 66.9 Å². The fraction of sp³-hybridized carbons (Fsp3) is 0.158. The van der Waals surface area contributed by atoms with Crippen molar-refractivity contribution < 1.29 is 4.79 Å². The summed E-state index contributed by atoms with van der Waals surface area (Å²) in [7, 11) is 1.83. The second-order valence-electron chi connectivity index (χ2n) is 5.45. The molecule has 1 amide bonds. The predicted octanol–water partition coefficient (Wildman–Crippen LogP) is 3.44. The Kier molecular flexibility index (Phi) is 4.15. The minimum absolute atomic E-state index is 0.111. The van der Waals surface area contributed by atoms with Crippen LogP contribution in [0.25, 0.3) is 10.9 Å². The molecule has 3 heteroatoms. The second-order valence-corrected chi connectivity index (χ2v) is 5.45. The quantitative estimate of drug-likeness (QED) is 0.737. The van der Waals surface area contributed by atoms with Crippen molar-refractivity contribution in [3.63, 3.8) is 0 Å². The van der Waals surface area contributed by atoms with E-state index in [0.29, 0.717) is 13.0 Å². The molecule has 22 heavy (non-hydrogen) atoms.